The molecule has 32 heavy (non-hydrogen) atoms. The van der Waals surface area contributed by atoms with E-state index in [0.29, 0.717) is 62.6 Å². The summed E-state index contributed by atoms with van der Waals surface area (Å²) in [6.07, 6.45) is 0.266. The molecule has 0 saturated carbocycles. The molecule has 3 aliphatic heterocycles. The van der Waals surface area contributed by atoms with Gasteiger partial charge in [-0.15, -0.1) is 0 Å². The number of nitrogens with one attached hydrogen (secondary N) is 1. The summed E-state index contributed by atoms with van der Waals surface area (Å²) < 4.78 is 11.4. The first-order chi connectivity index (χ1) is 15.3. The van der Waals surface area contributed by atoms with Gasteiger partial charge in [-0.05, 0) is 31.0 Å². The molecule has 0 aliphatic carbocycles. The zero-order chi connectivity index (χ0) is 22.9. The van der Waals surface area contributed by atoms with Gasteiger partial charge < -0.3 is 24.4 Å². The van der Waals surface area contributed by atoms with Crippen LogP contribution < -0.4 is 15.0 Å². The second kappa shape index (κ2) is 8.65. The molecular weight excluding hydrogens is 420 g/mol. The van der Waals surface area contributed by atoms with Crippen LogP contribution in [0.1, 0.15) is 29.6 Å². The Kier molecular flexibility index (Phi) is 5.92. The molecule has 11 nitrogen and oxygen atoms in total. The molecule has 1 aromatic carbocycles. The van der Waals surface area contributed by atoms with E-state index in [1.165, 1.54) is 16.9 Å². The molecule has 0 atom stereocenters. The first-order valence-electron chi connectivity index (χ1n) is 10.5. The highest BCUT2D eigenvalue weighted by atomic mass is 16.5. The van der Waals surface area contributed by atoms with Crippen molar-refractivity contribution in [3.63, 3.8) is 0 Å². The normalized spacial score (nSPS) is 20.8. The van der Waals surface area contributed by atoms with E-state index in [-0.39, 0.29) is 24.8 Å². The van der Waals surface area contributed by atoms with Crippen LogP contribution in [0.2, 0.25) is 0 Å². The van der Waals surface area contributed by atoms with E-state index in [4.69, 9.17) is 9.47 Å². The maximum absolute atomic E-state index is 13.3. The number of anilines is 1. The van der Waals surface area contributed by atoms with Crippen molar-refractivity contribution in [3.05, 3.63) is 23.8 Å². The molecule has 5 amide bonds. The lowest BCUT2D eigenvalue weighted by molar-refractivity contribution is -0.124. The van der Waals surface area contributed by atoms with Gasteiger partial charge in [-0.1, -0.05) is 0 Å². The number of benzene rings is 1. The van der Waals surface area contributed by atoms with Gasteiger partial charge >= 0.3 is 12.1 Å². The molecule has 0 radical (unpaired) electrons. The molecule has 3 saturated heterocycles. The van der Waals surface area contributed by atoms with Crippen LogP contribution in [-0.2, 0) is 9.53 Å². The minimum absolute atomic E-state index is 0.159. The number of nitrogens with zero attached hydrogens (tertiary/aromatic N) is 3. The van der Waals surface area contributed by atoms with Crippen molar-refractivity contribution >= 4 is 29.6 Å². The summed E-state index contributed by atoms with van der Waals surface area (Å²) in [5.74, 6) is -0.124. The molecule has 172 valence electrons. The highest BCUT2D eigenvalue weighted by Crippen LogP contribution is 2.33. The number of urea groups is 1. The molecule has 2 N–H and O–H groups in total. The van der Waals surface area contributed by atoms with Crippen molar-refractivity contribution < 1.29 is 33.8 Å². The molecule has 11 heteroatoms. The number of carbonyl (C=O) groups is 4. The molecule has 3 fully saturated rings. The molecule has 3 heterocycles. The van der Waals surface area contributed by atoms with E-state index in [0.717, 1.165) is 0 Å². The topological polar surface area (TPSA) is 129 Å². The number of ether oxygens (including phenoxy) is 2. The average Bonchev–Trinajstić information content (AvgIpc) is 2.78. The molecule has 1 aromatic rings. The van der Waals surface area contributed by atoms with Gasteiger partial charge in [-0.25, -0.2) is 9.59 Å². The summed E-state index contributed by atoms with van der Waals surface area (Å²) in [6.45, 7) is 2.10. The van der Waals surface area contributed by atoms with Crippen molar-refractivity contribution in [2.24, 2.45) is 0 Å². The molecule has 1 spiro atoms. The Hall–Kier alpha value is -3.34. The van der Waals surface area contributed by atoms with E-state index in [9.17, 15) is 24.3 Å². The number of hydrogen-bond acceptors (Lipinski definition) is 6. The lowest BCUT2D eigenvalue weighted by atomic mass is 9.89. The fourth-order valence-corrected chi connectivity index (χ4v) is 4.44. The van der Waals surface area contributed by atoms with Crippen molar-refractivity contribution in [2.45, 2.75) is 24.9 Å². The molecule has 3 aliphatic rings. The summed E-state index contributed by atoms with van der Waals surface area (Å²) in [5.41, 5.74) is 0.258. The van der Waals surface area contributed by atoms with Gasteiger partial charge in [0.15, 0.2) is 0 Å². The summed E-state index contributed by atoms with van der Waals surface area (Å²) in [5, 5.41) is 11.5. The number of carboxylic acid groups (broad SMARTS) is 1. The minimum atomic E-state index is -0.946. The van der Waals surface area contributed by atoms with E-state index in [1.54, 1.807) is 23.1 Å². The predicted molar refractivity (Wildman–Crippen MR) is 112 cm³/mol. The van der Waals surface area contributed by atoms with Crippen LogP contribution in [0, 0.1) is 0 Å². The largest absolute Gasteiger partial charge is 0.495 e. The van der Waals surface area contributed by atoms with Crippen LogP contribution in [-0.4, -0.2) is 90.9 Å². The average molecular weight is 446 g/mol. The number of likely N-dealkylation sites (tertiary alicyclic amines) is 1. The van der Waals surface area contributed by atoms with Gasteiger partial charge in [-0.2, -0.15) is 0 Å². The van der Waals surface area contributed by atoms with Crippen LogP contribution >= 0.6 is 0 Å². The van der Waals surface area contributed by atoms with Crippen LogP contribution in [0.5, 0.6) is 5.75 Å². The number of imide groups is 1. The van der Waals surface area contributed by atoms with Crippen LogP contribution in [0.3, 0.4) is 0 Å². The molecule has 0 unspecified atom stereocenters. The highest BCUT2D eigenvalue weighted by Gasteiger charge is 2.42. The monoisotopic (exact) mass is 446 g/mol. The van der Waals surface area contributed by atoms with Gasteiger partial charge in [0, 0.05) is 38.2 Å². The summed E-state index contributed by atoms with van der Waals surface area (Å²) in [6, 6.07) is 4.33. The van der Waals surface area contributed by atoms with Crippen LogP contribution in [0.25, 0.3) is 0 Å². The SMILES string of the molecule is COc1ccc(C(=O)N2CCOC3(CCN(C(=O)O)CC3)C2)cc1N1CCC(=O)NC1=O. The van der Waals surface area contributed by atoms with Gasteiger partial charge in [0.05, 0.1) is 31.5 Å². The third kappa shape index (κ3) is 4.20. The number of morpholine rings is 1. The second-order valence-corrected chi connectivity index (χ2v) is 8.17. The maximum Gasteiger partial charge on any atom is 0.407 e. The summed E-state index contributed by atoms with van der Waals surface area (Å²) >= 11 is 0. The first kappa shape index (κ1) is 21.9. The van der Waals surface area contributed by atoms with E-state index in [1.807, 2.05) is 0 Å². The van der Waals surface area contributed by atoms with Gasteiger partial charge in [0.25, 0.3) is 5.91 Å². The van der Waals surface area contributed by atoms with Gasteiger partial charge in [0.2, 0.25) is 5.91 Å². The lowest BCUT2D eigenvalue weighted by Gasteiger charge is -2.46. The first-order valence-corrected chi connectivity index (χ1v) is 10.5. The molecular formula is C21H26N4O7. The smallest absolute Gasteiger partial charge is 0.407 e. The zero-order valence-electron chi connectivity index (χ0n) is 17.8. The quantitative estimate of drug-likeness (QED) is 0.712. The molecule has 0 aromatic heterocycles. The number of carbonyl (C=O) groups excluding carboxylic acids is 3. The molecule has 4 rings (SSSR count). The lowest BCUT2D eigenvalue weighted by Crippen LogP contribution is -2.58. The zero-order valence-corrected chi connectivity index (χ0v) is 17.8. The van der Waals surface area contributed by atoms with Gasteiger partial charge in [-0.3, -0.25) is 19.8 Å². The summed E-state index contributed by atoms with van der Waals surface area (Å²) in [4.78, 5) is 52.8. The Balaban J connectivity index is 1.52. The van der Waals surface area contributed by atoms with Crippen LogP contribution in [0.4, 0.5) is 15.3 Å². The fraction of sp³-hybridized carbons (Fsp3) is 0.524. The third-order valence-corrected chi connectivity index (χ3v) is 6.25. The minimum Gasteiger partial charge on any atom is -0.495 e. The Bertz CT molecular complexity index is 942. The molecule has 0 bridgehead atoms. The Labute approximate surface area is 184 Å². The Morgan fingerprint density at radius 2 is 1.88 bits per heavy atom. The Morgan fingerprint density at radius 1 is 1.12 bits per heavy atom. The van der Waals surface area contributed by atoms with E-state index >= 15 is 0 Å². The van der Waals surface area contributed by atoms with Crippen molar-refractivity contribution in [1.29, 1.82) is 0 Å². The number of piperidine rings is 1. The Morgan fingerprint density at radius 3 is 2.53 bits per heavy atom. The van der Waals surface area contributed by atoms with E-state index in [2.05, 4.69) is 5.32 Å². The predicted octanol–water partition coefficient (Wildman–Crippen LogP) is 1.13. The van der Waals surface area contributed by atoms with Gasteiger partial charge in [0.1, 0.15) is 5.75 Å². The number of methoxy groups -OCH3 is 1. The maximum atomic E-state index is 13.3. The number of amides is 5. The van der Waals surface area contributed by atoms with E-state index < -0.39 is 17.7 Å². The van der Waals surface area contributed by atoms with Crippen molar-refractivity contribution in [3.8, 4) is 5.75 Å². The number of hydrogen-bond donors (Lipinski definition) is 2. The number of rotatable bonds is 3. The summed E-state index contributed by atoms with van der Waals surface area (Å²) in [7, 11) is 1.47. The standard InChI is InChI=1S/C21H26N4O7/c1-31-16-3-2-14(12-15(16)25-7-4-17(26)22-19(25)28)18(27)24-10-11-32-21(13-24)5-8-23(9-6-21)20(29)30/h2-3,12H,4-11,13H2,1H3,(H,29,30)(H,22,26,28). The highest BCUT2D eigenvalue weighted by molar-refractivity contribution is 6.07. The fourth-order valence-electron chi connectivity index (χ4n) is 4.44. The third-order valence-electron chi connectivity index (χ3n) is 6.25. The second-order valence-electron chi connectivity index (χ2n) is 8.17. The van der Waals surface area contributed by atoms with Crippen molar-refractivity contribution in [1.82, 2.24) is 15.1 Å². The van der Waals surface area contributed by atoms with Crippen LogP contribution in [0.15, 0.2) is 18.2 Å². The van der Waals surface area contributed by atoms with Crippen molar-refractivity contribution in [2.75, 3.05) is 51.3 Å².